The van der Waals surface area contributed by atoms with Crippen LogP contribution in [0.3, 0.4) is 0 Å². The molecule has 1 heterocycles. The van der Waals surface area contributed by atoms with E-state index in [9.17, 15) is 26.7 Å². The van der Waals surface area contributed by atoms with Crippen LogP contribution in [0, 0.1) is 42.9 Å². The van der Waals surface area contributed by atoms with Crippen molar-refractivity contribution in [1.29, 1.82) is 0 Å². The number of aromatic nitrogens is 2. The van der Waals surface area contributed by atoms with Crippen molar-refractivity contribution in [2.24, 2.45) is 0 Å². The quantitative estimate of drug-likeness (QED) is 0.162. The summed E-state index contributed by atoms with van der Waals surface area (Å²) in [7, 11) is 0. The van der Waals surface area contributed by atoms with Crippen molar-refractivity contribution in [3.63, 3.8) is 0 Å². The van der Waals surface area contributed by atoms with Crippen molar-refractivity contribution in [2.45, 2.75) is 27.0 Å². The average Bonchev–Trinajstić information content (AvgIpc) is 3.15. The van der Waals surface area contributed by atoms with Gasteiger partial charge in [-0.15, -0.1) is 0 Å². The van der Waals surface area contributed by atoms with Gasteiger partial charge in [0.1, 0.15) is 12.4 Å². The van der Waals surface area contributed by atoms with Gasteiger partial charge >= 0.3 is 0 Å². The normalized spacial score (nSPS) is 11.0. The Labute approximate surface area is 213 Å². The van der Waals surface area contributed by atoms with Crippen LogP contribution >= 0.6 is 11.6 Å². The summed E-state index contributed by atoms with van der Waals surface area (Å²) in [4.78, 5) is 12.8. The summed E-state index contributed by atoms with van der Waals surface area (Å²) in [5.41, 5.74) is 0.901. The molecule has 0 saturated heterocycles. The molecular formula is C26H19ClF5N3O2. The molecule has 37 heavy (non-hydrogen) atoms. The summed E-state index contributed by atoms with van der Waals surface area (Å²) in [6.45, 7) is 2.56. The van der Waals surface area contributed by atoms with Crippen LogP contribution in [-0.2, 0) is 13.2 Å². The van der Waals surface area contributed by atoms with Crippen LogP contribution in [0.1, 0.15) is 32.9 Å². The molecule has 4 aromatic rings. The van der Waals surface area contributed by atoms with Crippen LogP contribution in [-0.4, -0.2) is 15.7 Å². The Morgan fingerprint density at radius 2 is 1.57 bits per heavy atom. The number of carbonyl (C=O) groups excluding carboxylic acids is 1. The molecular weight excluding hydrogens is 517 g/mol. The van der Waals surface area contributed by atoms with Crippen LogP contribution in [0.25, 0.3) is 0 Å². The summed E-state index contributed by atoms with van der Waals surface area (Å²) >= 11 is 5.94. The smallest absolute Gasteiger partial charge is 0.255 e. The van der Waals surface area contributed by atoms with Gasteiger partial charge in [0.2, 0.25) is 5.82 Å². The summed E-state index contributed by atoms with van der Waals surface area (Å²) in [6.07, 6.45) is 0. The van der Waals surface area contributed by atoms with Crippen molar-refractivity contribution >= 4 is 23.2 Å². The molecule has 5 nitrogen and oxygen atoms in total. The number of hydrogen-bond donors (Lipinski definition) is 1. The van der Waals surface area contributed by atoms with Crippen LogP contribution in [0.15, 0.2) is 48.5 Å². The molecule has 1 aromatic heterocycles. The Morgan fingerprint density at radius 3 is 2.19 bits per heavy atom. The fourth-order valence-electron chi connectivity index (χ4n) is 3.63. The molecule has 3 aromatic carbocycles. The molecule has 0 aliphatic rings. The van der Waals surface area contributed by atoms with Crippen molar-refractivity contribution in [3.05, 3.63) is 111 Å². The molecule has 1 N–H and O–H groups in total. The number of benzene rings is 3. The molecule has 192 valence electrons. The number of nitrogens with zero attached hydrogens (tertiary/aromatic N) is 2. The topological polar surface area (TPSA) is 56.2 Å². The molecule has 11 heteroatoms. The van der Waals surface area contributed by atoms with Gasteiger partial charge in [-0.3, -0.25) is 9.48 Å². The second-order valence-corrected chi connectivity index (χ2v) is 8.59. The van der Waals surface area contributed by atoms with E-state index in [0.717, 1.165) is 10.2 Å². The van der Waals surface area contributed by atoms with Crippen LogP contribution in [0.2, 0.25) is 5.02 Å². The van der Waals surface area contributed by atoms with E-state index in [1.807, 2.05) is 0 Å². The predicted molar refractivity (Wildman–Crippen MR) is 127 cm³/mol. The largest absolute Gasteiger partial charge is 0.489 e. The first-order chi connectivity index (χ1) is 17.6. The molecule has 0 bridgehead atoms. The number of amides is 1. The molecule has 0 saturated carbocycles. The average molecular weight is 536 g/mol. The summed E-state index contributed by atoms with van der Waals surface area (Å²) in [5, 5.41) is 7.32. The minimum Gasteiger partial charge on any atom is -0.489 e. The van der Waals surface area contributed by atoms with Gasteiger partial charge in [-0.25, -0.2) is 22.0 Å². The molecule has 0 radical (unpaired) electrons. The lowest BCUT2D eigenvalue weighted by atomic mass is 10.1. The van der Waals surface area contributed by atoms with Gasteiger partial charge in [0, 0.05) is 10.6 Å². The lowest BCUT2D eigenvalue weighted by Crippen LogP contribution is -2.14. The van der Waals surface area contributed by atoms with Gasteiger partial charge in [0.05, 0.1) is 29.2 Å². The van der Waals surface area contributed by atoms with Gasteiger partial charge in [-0.2, -0.15) is 5.10 Å². The first kappa shape index (κ1) is 26.2. The minimum absolute atomic E-state index is 0.252. The predicted octanol–water partition coefficient (Wildman–Crippen LogP) is 6.73. The zero-order chi connectivity index (χ0) is 26.9. The highest BCUT2D eigenvalue weighted by molar-refractivity contribution is 6.30. The zero-order valence-electron chi connectivity index (χ0n) is 19.5. The van der Waals surface area contributed by atoms with Gasteiger partial charge in [0.15, 0.2) is 23.3 Å². The highest BCUT2D eigenvalue weighted by Crippen LogP contribution is 2.27. The monoisotopic (exact) mass is 535 g/mol. The number of hydrogen-bond acceptors (Lipinski definition) is 3. The summed E-state index contributed by atoms with van der Waals surface area (Å²) in [5.74, 6) is -10.1. The van der Waals surface area contributed by atoms with Gasteiger partial charge < -0.3 is 10.1 Å². The molecule has 0 atom stereocenters. The summed E-state index contributed by atoms with van der Waals surface area (Å²) < 4.78 is 75.4. The minimum atomic E-state index is -2.23. The first-order valence-electron chi connectivity index (χ1n) is 10.9. The first-order valence-corrected chi connectivity index (χ1v) is 11.3. The molecule has 0 aliphatic carbocycles. The summed E-state index contributed by atoms with van der Waals surface area (Å²) in [6, 6.07) is 13.6. The Morgan fingerprint density at radius 1 is 0.946 bits per heavy atom. The van der Waals surface area contributed by atoms with E-state index in [0.29, 0.717) is 22.0 Å². The molecule has 0 unspecified atom stereocenters. The van der Waals surface area contributed by atoms with Crippen molar-refractivity contribution in [3.8, 4) is 5.75 Å². The SMILES string of the molecule is Cc1nn(Cc2c(F)c(F)c(F)c(F)c2F)c(C)c1NC(=O)c1ccc(COc2cccc(Cl)c2)cc1. The molecule has 1 amide bonds. The number of aryl methyl sites for hydroxylation is 1. The van der Waals surface area contributed by atoms with Gasteiger partial charge in [-0.1, -0.05) is 29.8 Å². The van der Waals surface area contributed by atoms with Crippen molar-refractivity contribution in [1.82, 2.24) is 9.78 Å². The van der Waals surface area contributed by atoms with Crippen molar-refractivity contribution < 1.29 is 31.5 Å². The lowest BCUT2D eigenvalue weighted by Gasteiger charge is -2.11. The van der Waals surface area contributed by atoms with Crippen LogP contribution < -0.4 is 10.1 Å². The maximum atomic E-state index is 14.1. The number of ether oxygens (including phenoxy) is 1. The molecule has 4 rings (SSSR count). The lowest BCUT2D eigenvalue weighted by molar-refractivity contribution is 0.102. The third-order valence-corrected chi connectivity index (χ3v) is 5.88. The van der Waals surface area contributed by atoms with E-state index in [4.69, 9.17) is 16.3 Å². The number of rotatable bonds is 7. The van der Waals surface area contributed by atoms with E-state index >= 15 is 0 Å². The van der Waals surface area contributed by atoms with Crippen LogP contribution in [0.4, 0.5) is 27.6 Å². The molecule has 0 spiro atoms. The number of nitrogens with one attached hydrogen (secondary N) is 1. The maximum absolute atomic E-state index is 14.1. The van der Waals surface area contributed by atoms with Gasteiger partial charge in [0.25, 0.3) is 5.91 Å². The highest BCUT2D eigenvalue weighted by Gasteiger charge is 2.27. The van der Waals surface area contributed by atoms with E-state index < -0.39 is 47.1 Å². The fraction of sp³-hybridized carbons (Fsp3) is 0.154. The Balaban J connectivity index is 1.47. The van der Waals surface area contributed by atoms with Crippen LogP contribution in [0.5, 0.6) is 5.75 Å². The fourth-order valence-corrected chi connectivity index (χ4v) is 3.81. The second kappa shape index (κ2) is 10.6. The van der Waals surface area contributed by atoms with E-state index in [-0.39, 0.29) is 18.0 Å². The number of halogens is 6. The Hall–Kier alpha value is -3.92. The number of anilines is 1. The standard InChI is InChI=1S/C26H19ClF5N3O2/c1-13-25(14(2)35(34-13)11-19-20(28)22(30)24(32)23(31)21(19)29)33-26(36)16-8-6-15(7-9-16)12-37-18-5-3-4-17(27)10-18/h3-10H,11-12H2,1-2H3,(H,33,36). The second-order valence-electron chi connectivity index (χ2n) is 8.15. The Kier molecular flexibility index (Phi) is 7.49. The van der Waals surface area contributed by atoms with E-state index in [1.54, 1.807) is 48.5 Å². The van der Waals surface area contributed by atoms with E-state index in [2.05, 4.69) is 10.4 Å². The molecule has 0 fully saturated rings. The molecule has 0 aliphatic heterocycles. The zero-order valence-corrected chi connectivity index (χ0v) is 20.3. The maximum Gasteiger partial charge on any atom is 0.255 e. The van der Waals surface area contributed by atoms with Crippen molar-refractivity contribution in [2.75, 3.05) is 5.32 Å². The van der Waals surface area contributed by atoms with Gasteiger partial charge in [-0.05, 0) is 49.7 Å². The van der Waals surface area contributed by atoms with E-state index in [1.165, 1.54) is 13.8 Å². The highest BCUT2D eigenvalue weighted by atomic mass is 35.5. The third kappa shape index (κ3) is 5.43. The third-order valence-electron chi connectivity index (χ3n) is 5.65. The Bertz CT molecular complexity index is 1460. The number of carbonyl (C=O) groups is 1.